The molecule has 2 rings (SSSR count). The quantitative estimate of drug-likeness (QED) is 0.698. The van der Waals surface area contributed by atoms with Crippen molar-refractivity contribution < 1.29 is 9.53 Å². The summed E-state index contributed by atoms with van der Waals surface area (Å²) in [5.74, 6) is -0.0420. The lowest BCUT2D eigenvalue weighted by Gasteiger charge is -2.37. The van der Waals surface area contributed by atoms with E-state index >= 15 is 0 Å². The highest BCUT2D eigenvalue weighted by molar-refractivity contribution is 6.27. The molecule has 80 valence electrons. The topological polar surface area (TPSA) is 55.3 Å². The Balaban J connectivity index is 1.79. The summed E-state index contributed by atoms with van der Waals surface area (Å²) in [5, 5.41) is 0. The van der Waals surface area contributed by atoms with Crippen molar-refractivity contribution in [3.63, 3.8) is 0 Å². The van der Waals surface area contributed by atoms with Crippen LogP contribution in [0.2, 0.25) is 0 Å². The van der Waals surface area contributed by atoms with Crippen molar-refractivity contribution in [3.05, 3.63) is 18.5 Å². The number of alkyl halides is 1. The Hall–Kier alpha value is -1.36. The molecule has 0 N–H and O–H groups in total. The van der Waals surface area contributed by atoms with Gasteiger partial charge in [-0.05, 0) is 6.07 Å². The molecule has 1 aromatic rings. The number of ether oxygens (including phenoxy) is 1. The molecular weight excluding hydrogens is 218 g/mol. The van der Waals surface area contributed by atoms with Crippen molar-refractivity contribution in [2.45, 2.75) is 6.10 Å². The number of amides is 1. The molecule has 0 spiro atoms. The molecule has 1 fully saturated rings. The van der Waals surface area contributed by atoms with Gasteiger partial charge < -0.3 is 9.64 Å². The van der Waals surface area contributed by atoms with Gasteiger partial charge in [-0.1, -0.05) is 0 Å². The first kappa shape index (κ1) is 10.2. The third kappa shape index (κ3) is 2.36. The molecule has 1 saturated heterocycles. The first-order chi connectivity index (χ1) is 7.29. The van der Waals surface area contributed by atoms with Crippen LogP contribution in [0, 0.1) is 0 Å². The molecule has 1 aliphatic heterocycles. The average Bonchev–Trinajstić information content (AvgIpc) is 2.23. The second-order valence-corrected chi connectivity index (χ2v) is 3.47. The lowest BCUT2D eigenvalue weighted by molar-refractivity contribution is -0.137. The van der Waals surface area contributed by atoms with Gasteiger partial charge in [0.15, 0.2) is 0 Å². The fourth-order valence-corrected chi connectivity index (χ4v) is 1.47. The molecule has 0 saturated carbocycles. The lowest BCUT2D eigenvalue weighted by atomic mass is 10.2. The van der Waals surface area contributed by atoms with Gasteiger partial charge in [-0.2, -0.15) is 0 Å². The molecule has 0 unspecified atom stereocenters. The van der Waals surface area contributed by atoms with Crippen molar-refractivity contribution in [3.8, 4) is 6.01 Å². The fraction of sp³-hybridized carbons (Fsp3) is 0.444. The SMILES string of the molecule is O=C(CCl)N1CC(Oc2ncccn2)C1. The van der Waals surface area contributed by atoms with Gasteiger partial charge in [-0.15, -0.1) is 11.6 Å². The highest BCUT2D eigenvalue weighted by Crippen LogP contribution is 2.13. The molecule has 0 aromatic carbocycles. The summed E-state index contributed by atoms with van der Waals surface area (Å²) < 4.78 is 5.42. The Morgan fingerprint density at radius 2 is 2.20 bits per heavy atom. The number of halogens is 1. The number of carbonyl (C=O) groups is 1. The molecule has 0 radical (unpaired) electrons. The van der Waals surface area contributed by atoms with Crippen LogP contribution in [0.4, 0.5) is 0 Å². The molecule has 6 heteroatoms. The summed E-state index contributed by atoms with van der Waals surface area (Å²) in [6, 6.07) is 2.07. The van der Waals surface area contributed by atoms with Crippen LogP contribution >= 0.6 is 11.6 Å². The summed E-state index contributed by atoms with van der Waals surface area (Å²) in [4.78, 5) is 20.6. The largest absolute Gasteiger partial charge is 0.456 e. The van der Waals surface area contributed by atoms with Crippen LogP contribution in [0.3, 0.4) is 0 Å². The van der Waals surface area contributed by atoms with Crippen molar-refractivity contribution in [2.24, 2.45) is 0 Å². The van der Waals surface area contributed by atoms with E-state index in [2.05, 4.69) is 9.97 Å². The summed E-state index contributed by atoms with van der Waals surface area (Å²) >= 11 is 5.41. The number of nitrogens with zero attached hydrogens (tertiary/aromatic N) is 3. The predicted octanol–water partition coefficient (Wildman–Crippen LogP) is 0.305. The first-order valence-electron chi connectivity index (χ1n) is 4.57. The molecule has 2 heterocycles. The van der Waals surface area contributed by atoms with Crippen LogP contribution in [-0.4, -0.2) is 45.8 Å². The molecule has 1 aliphatic rings. The van der Waals surface area contributed by atoms with Gasteiger partial charge in [0, 0.05) is 12.4 Å². The molecular formula is C9H10ClN3O2. The van der Waals surface area contributed by atoms with E-state index in [0.29, 0.717) is 19.1 Å². The third-order valence-electron chi connectivity index (χ3n) is 2.13. The van der Waals surface area contributed by atoms with Gasteiger partial charge in [0.1, 0.15) is 12.0 Å². The predicted molar refractivity (Wildman–Crippen MR) is 53.7 cm³/mol. The van der Waals surface area contributed by atoms with E-state index < -0.39 is 0 Å². The third-order valence-corrected chi connectivity index (χ3v) is 2.36. The van der Waals surface area contributed by atoms with Gasteiger partial charge in [-0.25, -0.2) is 9.97 Å². The number of carbonyl (C=O) groups excluding carboxylic acids is 1. The minimum Gasteiger partial charge on any atom is -0.456 e. The number of likely N-dealkylation sites (tertiary alicyclic amines) is 1. The first-order valence-corrected chi connectivity index (χ1v) is 5.10. The van der Waals surface area contributed by atoms with Crippen LogP contribution in [0.25, 0.3) is 0 Å². The molecule has 1 amide bonds. The standard InChI is InChI=1S/C9H10ClN3O2/c10-4-8(14)13-5-7(6-13)15-9-11-2-1-3-12-9/h1-3,7H,4-6H2. The zero-order valence-electron chi connectivity index (χ0n) is 7.97. The Labute approximate surface area is 92.0 Å². The van der Waals surface area contributed by atoms with E-state index in [1.54, 1.807) is 23.4 Å². The molecule has 5 nitrogen and oxygen atoms in total. The fourth-order valence-electron chi connectivity index (χ4n) is 1.30. The highest BCUT2D eigenvalue weighted by atomic mass is 35.5. The number of aromatic nitrogens is 2. The van der Waals surface area contributed by atoms with E-state index in [1.807, 2.05) is 0 Å². The summed E-state index contributed by atoms with van der Waals surface area (Å²) in [5.41, 5.74) is 0. The van der Waals surface area contributed by atoms with Crippen LogP contribution in [0.15, 0.2) is 18.5 Å². The van der Waals surface area contributed by atoms with E-state index in [9.17, 15) is 4.79 Å². The Kier molecular flexibility index (Phi) is 3.01. The lowest BCUT2D eigenvalue weighted by Crippen LogP contribution is -2.56. The second kappa shape index (κ2) is 4.44. The maximum atomic E-state index is 11.1. The van der Waals surface area contributed by atoms with E-state index in [4.69, 9.17) is 16.3 Å². The zero-order valence-corrected chi connectivity index (χ0v) is 8.72. The van der Waals surface area contributed by atoms with Crippen LogP contribution < -0.4 is 4.74 Å². The smallest absolute Gasteiger partial charge is 0.316 e. The minimum atomic E-state index is -0.0644. The van der Waals surface area contributed by atoms with Crippen molar-refractivity contribution >= 4 is 17.5 Å². The second-order valence-electron chi connectivity index (χ2n) is 3.20. The maximum Gasteiger partial charge on any atom is 0.316 e. The summed E-state index contributed by atoms with van der Waals surface area (Å²) in [6.07, 6.45) is 3.21. The van der Waals surface area contributed by atoms with Gasteiger partial charge in [0.25, 0.3) is 0 Å². The molecule has 0 atom stereocenters. The zero-order chi connectivity index (χ0) is 10.7. The van der Waals surface area contributed by atoms with Crippen molar-refractivity contribution in [2.75, 3.05) is 19.0 Å². The van der Waals surface area contributed by atoms with Crippen LogP contribution in [0.5, 0.6) is 6.01 Å². The highest BCUT2D eigenvalue weighted by Gasteiger charge is 2.32. The molecule has 15 heavy (non-hydrogen) atoms. The van der Waals surface area contributed by atoms with E-state index in [-0.39, 0.29) is 17.9 Å². The average molecular weight is 228 g/mol. The number of hydrogen-bond acceptors (Lipinski definition) is 4. The normalized spacial score (nSPS) is 15.9. The maximum absolute atomic E-state index is 11.1. The molecule has 0 aliphatic carbocycles. The number of hydrogen-bond donors (Lipinski definition) is 0. The molecule has 1 aromatic heterocycles. The van der Waals surface area contributed by atoms with Crippen LogP contribution in [0.1, 0.15) is 0 Å². The van der Waals surface area contributed by atoms with Gasteiger partial charge in [-0.3, -0.25) is 4.79 Å². The number of rotatable bonds is 3. The Morgan fingerprint density at radius 3 is 2.80 bits per heavy atom. The van der Waals surface area contributed by atoms with Gasteiger partial charge in [0.2, 0.25) is 5.91 Å². The summed E-state index contributed by atoms with van der Waals surface area (Å²) in [6.45, 7) is 1.12. The summed E-state index contributed by atoms with van der Waals surface area (Å²) in [7, 11) is 0. The van der Waals surface area contributed by atoms with Crippen molar-refractivity contribution in [1.82, 2.24) is 14.9 Å². The van der Waals surface area contributed by atoms with E-state index in [1.165, 1.54) is 0 Å². The minimum absolute atomic E-state index is 0.0143. The Morgan fingerprint density at radius 1 is 1.53 bits per heavy atom. The van der Waals surface area contributed by atoms with E-state index in [0.717, 1.165) is 0 Å². The Bertz CT molecular complexity index is 340. The van der Waals surface area contributed by atoms with Crippen molar-refractivity contribution in [1.29, 1.82) is 0 Å². The molecule has 0 bridgehead atoms. The van der Waals surface area contributed by atoms with Gasteiger partial charge >= 0.3 is 6.01 Å². The monoisotopic (exact) mass is 227 g/mol. The van der Waals surface area contributed by atoms with Crippen LogP contribution in [-0.2, 0) is 4.79 Å². The van der Waals surface area contributed by atoms with Gasteiger partial charge in [0.05, 0.1) is 13.1 Å².